The number of carbonyl (C=O) groups excluding carboxylic acids is 1. The maximum atomic E-state index is 12.5. The summed E-state index contributed by atoms with van der Waals surface area (Å²) in [6.45, 7) is 4.60. The number of piperidine rings is 1. The predicted octanol–water partition coefficient (Wildman–Crippen LogP) is 2.16. The topological polar surface area (TPSA) is 56.3 Å². The first-order valence-electron chi connectivity index (χ1n) is 7.40. The van der Waals surface area contributed by atoms with Gasteiger partial charge in [0, 0.05) is 34.6 Å². The van der Waals surface area contributed by atoms with Crippen LogP contribution < -0.4 is 0 Å². The van der Waals surface area contributed by atoms with Gasteiger partial charge in [0.05, 0.1) is 12.6 Å². The third-order valence-corrected chi connectivity index (χ3v) is 4.92. The number of aliphatic hydroxyl groups excluding tert-OH is 1. The fraction of sp³-hybridized carbons (Fsp3) is 0.353. The zero-order valence-corrected chi connectivity index (χ0v) is 11.8. The van der Waals surface area contributed by atoms with Crippen LogP contribution in [0.15, 0.2) is 36.4 Å². The molecule has 2 aliphatic heterocycles. The third kappa shape index (κ3) is 1.69. The molecule has 0 bridgehead atoms. The molecule has 2 aliphatic rings. The maximum absolute atomic E-state index is 12.5. The highest BCUT2D eigenvalue weighted by molar-refractivity contribution is 5.95. The van der Waals surface area contributed by atoms with E-state index >= 15 is 0 Å². The summed E-state index contributed by atoms with van der Waals surface area (Å²) in [5, 5.41) is 10.8. The van der Waals surface area contributed by atoms with Crippen LogP contribution in [0.25, 0.3) is 10.9 Å². The molecular weight excluding hydrogens is 264 g/mol. The average Bonchev–Trinajstić information content (AvgIpc) is 2.89. The monoisotopic (exact) mass is 282 g/mol. The number of para-hydroxylation sites is 1. The van der Waals surface area contributed by atoms with Gasteiger partial charge in [-0.25, -0.2) is 0 Å². The molecule has 1 saturated heterocycles. The Kier molecular flexibility index (Phi) is 2.69. The highest BCUT2D eigenvalue weighted by atomic mass is 16.3. The van der Waals surface area contributed by atoms with Crippen LogP contribution in [0.5, 0.6) is 0 Å². The molecule has 108 valence electrons. The van der Waals surface area contributed by atoms with Crippen molar-refractivity contribution in [2.24, 2.45) is 5.92 Å². The molecule has 0 spiro atoms. The molecule has 2 unspecified atom stereocenters. The molecule has 4 nitrogen and oxygen atoms in total. The van der Waals surface area contributed by atoms with Crippen molar-refractivity contribution in [3.8, 4) is 0 Å². The number of rotatable bonds is 1. The lowest BCUT2D eigenvalue weighted by atomic mass is 9.82. The summed E-state index contributed by atoms with van der Waals surface area (Å²) in [6.07, 6.45) is 1.62. The Morgan fingerprint density at radius 2 is 2.19 bits per heavy atom. The molecular formula is C17H18N2O2. The molecule has 4 heteroatoms. The summed E-state index contributed by atoms with van der Waals surface area (Å²) in [4.78, 5) is 17.9. The number of fused-ring (bicyclic) bond motifs is 5. The number of H-pyrrole nitrogens is 1. The smallest absolute Gasteiger partial charge is 0.250 e. The number of aromatic nitrogens is 1. The van der Waals surface area contributed by atoms with Crippen LogP contribution in [0.2, 0.25) is 0 Å². The molecule has 0 radical (unpaired) electrons. The quantitative estimate of drug-likeness (QED) is 0.788. The van der Waals surface area contributed by atoms with Gasteiger partial charge in [-0.05, 0) is 24.5 Å². The van der Waals surface area contributed by atoms with Gasteiger partial charge in [-0.3, -0.25) is 4.79 Å². The molecule has 1 aromatic carbocycles. The van der Waals surface area contributed by atoms with E-state index in [2.05, 4.69) is 23.7 Å². The van der Waals surface area contributed by atoms with E-state index in [1.807, 2.05) is 17.0 Å². The van der Waals surface area contributed by atoms with Crippen LogP contribution in [-0.4, -0.2) is 34.0 Å². The normalized spacial score (nSPS) is 25.1. The summed E-state index contributed by atoms with van der Waals surface area (Å²) in [7, 11) is 0. The number of aromatic amines is 1. The van der Waals surface area contributed by atoms with Crippen LogP contribution in [0.4, 0.5) is 0 Å². The van der Waals surface area contributed by atoms with Gasteiger partial charge in [0.25, 0.3) is 0 Å². The van der Waals surface area contributed by atoms with Crippen molar-refractivity contribution in [1.29, 1.82) is 0 Å². The average molecular weight is 282 g/mol. The van der Waals surface area contributed by atoms with Gasteiger partial charge in [-0.1, -0.05) is 24.8 Å². The van der Waals surface area contributed by atoms with Gasteiger partial charge in [-0.2, -0.15) is 0 Å². The van der Waals surface area contributed by atoms with Gasteiger partial charge in [-0.15, -0.1) is 0 Å². The number of nitrogens with one attached hydrogen (secondary N) is 1. The first-order valence-corrected chi connectivity index (χ1v) is 7.40. The Morgan fingerprint density at radius 3 is 3.00 bits per heavy atom. The summed E-state index contributed by atoms with van der Waals surface area (Å²) in [6, 6.07) is 8.31. The van der Waals surface area contributed by atoms with Gasteiger partial charge in [0.2, 0.25) is 5.91 Å². The van der Waals surface area contributed by atoms with Crippen molar-refractivity contribution in [2.45, 2.75) is 18.9 Å². The van der Waals surface area contributed by atoms with Crippen molar-refractivity contribution in [3.63, 3.8) is 0 Å². The van der Waals surface area contributed by atoms with Crippen molar-refractivity contribution in [3.05, 3.63) is 47.7 Å². The number of carbonyl (C=O) groups is 1. The van der Waals surface area contributed by atoms with Crippen molar-refractivity contribution < 1.29 is 9.90 Å². The number of benzene rings is 1. The highest BCUT2D eigenvalue weighted by Crippen LogP contribution is 2.42. The maximum Gasteiger partial charge on any atom is 0.250 e. The molecule has 2 N–H and O–H groups in total. The minimum atomic E-state index is -0.129. The molecule has 0 aliphatic carbocycles. The lowest BCUT2D eigenvalue weighted by Crippen LogP contribution is -2.46. The van der Waals surface area contributed by atoms with E-state index in [4.69, 9.17) is 0 Å². The molecule has 2 atom stereocenters. The van der Waals surface area contributed by atoms with Crippen molar-refractivity contribution in [1.82, 2.24) is 9.88 Å². The SMILES string of the molecule is C=C1C(=O)N2CCc3c([nH]c4ccccc34)C2CC1CO. The van der Waals surface area contributed by atoms with Gasteiger partial charge in [0.15, 0.2) is 0 Å². The van der Waals surface area contributed by atoms with E-state index in [1.165, 1.54) is 10.9 Å². The lowest BCUT2D eigenvalue weighted by Gasteiger charge is -2.42. The highest BCUT2D eigenvalue weighted by Gasteiger charge is 2.41. The summed E-state index contributed by atoms with van der Waals surface area (Å²) in [5.74, 6) is -0.134. The van der Waals surface area contributed by atoms with Crippen LogP contribution in [0.3, 0.4) is 0 Å². The fourth-order valence-electron chi connectivity index (χ4n) is 3.76. The number of hydrogen-bond acceptors (Lipinski definition) is 2. The summed E-state index contributed by atoms with van der Waals surface area (Å²) < 4.78 is 0. The van der Waals surface area contributed by atoms with E-state index in [0.29, 0.717) is 5.57 Å². The standard InChI is InChI=1S/C17H18N2O2/c1-10-11(9-20)8-15-16-13(6-7-19(15)17(10)21)12-4-2-3-5-14(12)18-16/h2-5,11,15,18,20H,1,6-9H2. The van der Waals surface area contributed by atoms with Crippen molar-refractivity contribution in [2.75, 3.05) is 13.2 Å². The first-order chi connectivity index (χ1) is 10.2. The predicted molar refractivity (Wildman–Crippen MR) is 80.8 cm³/mol. The lowest BCUT2D eigenvalue weighted by molar-refractivity contribution is -0.133. The molecule has 1 aromatic heterocycles. The number of nitrogens with zero attached hydrogens (tertiary/aromatic N) is 1. The van der Waals surface area contributed by atoms with E-state index in [9.17, 15) is 9.90 Å². The molecule has 1 amide bonds. The van der Waals surface area contributed by atoms with Crippen LogP contribution in [0.1, 0.15) is 23.7 Å². The van der Waals surface area contributed by atoms with Crippen LogP contribution in [0, 0.1) is 5.92 Å². The second kappa shape index (κ2) is 4.46. The Balaban J connectivity index is 1.84. The van der Waals surface area contributed by atoms with Crippen LogP contribution >= 0.6 is 0 Å². The Labute approximate surface area is 123 Å². The Morgan fingerprint density at radius 1 is 1.38 bits per heavy atom. The number of amides is 1. The fourth-order valence-corrected chi connectivity index (χ4v) is 3.76. The first kappa shape index (κ1) is 12.7. The third-order valence-electron chi connectivity index (χ3n) is 4.92. The molecule has 1 fully saturated rings. The van der Waals surface area contributed by atoms with Crippen LogP contribution in [-0.2, 0) is 11.2 Å². The van der Waals surface area contributed by atoms with Gasteiger partial charge in [0.1, 0.15) is 0 Å². The molecule has 21 heavy (non-hydrogen) atoms. The molecule has 3 heterocycles. The second-order valence-corrected chi connectivity index (χ2v) is 5.97. The van der Waals surface area contributed by atoms with E-state index in [-0.39, 0.29) is 24.5 Å². The number of hydrogen-bond donors (Lipinski definition) is 2. The minimum absolute atomic E-state index is 0.00499. The zero-order valence-electron chi connectivity index (χ0n) is 11.8. The summed E-state index contributed by atoms with van der Waals surface area (Å²) in [5.41, 5.74) is 4.14. The molecule has 4 rings (SSSR count). The van der Waals surface area contributed by atoms with Gasteiger partial charge >= 0.3 is 0 Å². The Hall–Kier alpha value is -2.07. The number of aliphatic hydroxyl groups is 1. The van der Waals surface area contributed by atoms with E-state index in [0.717, 1.165) is 30.6 Å². The Bertz CT molecular complexity index is 746. The largest absolute Gasteiger partial charge is 0.396 e. The minimum Gasteiger partial charge on any atom is -0.396 e. The van der Waals surface area contributed by atoms with E-state index in [1.54, 1.807) is 0 Å². The molecule has 0 saturated carbocycles. The summed E-state index contributed by atoms with van der Waals surface area (Å²) >= 11 is 0. The second-order valence-electron chi connectivity index (χ2n) is 5.97. The van der Waals surface area contributed by atoms with E-state index < -0.39 is 0 Å². The zero-order chi connectivity index (χ0) is 14.6. The molecule has 2 aromatic rings. The van der Waals surface area contributed by atoms with Crippen molar-refractivity contribution >= 4 is 16.8 Å². The van der Waals surface area contributed by atoms with Gasteiger partial charge < -0.3 is 15.0 Å².